The maximum atomic E-state index is 11.4. The summed E-state index contributed by atoms with van der Waals surface area (Å²) in [6.45, 7) is 4.08. The fourth-order valence-corrected chi connectivity index (χ4v) is 3.53. The Kier molecular flexibility index (Phi) is 2.63. The first-order valence-corrected chi connectivity index (χ1v) is 6.79. The number of carbonyl (C=O) groups excluding carboxylic acids is 1. The number of halogens is 1. The summed E-state index contributed by atoms with van der Waals surface area (Å²) in [6, 6.07) is 8.38. The van der Waals surface area contributed by atoms with E-state index in [0.717, 1.165) is 33.9 Å². The summed E-state index contributed by atoms with van der Waals surface area (Å²) in [7, 11) is 0. The molecular weight excluding hydrogens is 288 g/mol. The fraction of sp³-hybridized carbons (Fsp3) is 0.188. The minimum absolute atomic E-state index is 0.860. The highest BCUT2D eigenvalue weighted by Gasteiger charge is 2.26. The van der Waals surface area contributed by atoms with Gasteiger partial charge in [0.15, 0.2) is 6.29 Å². The Labute approximate surface area is 115 Å². The van der Waals surface area contributed by atoms with Crippen LogP contribution in [-0.2, 0) is 6.42 Å². The van der Waals surface area contributed by atoms with Gasteiger partial charge in [0, 0.05) is 15.6 Å². The van der Waals surface area contributed by atoms with Crippen molar-refractivity contribution >= 4 is 22.2 Å². The van der Waals surface area contributed by atoms with Gasteiger partial charge < -0.3 is 0 Å². The normalized spacial score (nSPS) is 12.2. The number of aldehydes is 1. The van der Waals surface area contributed by atoms with Crippen LogP contribution < -0.4 is 0 Å². The molecule has 0 aliphatic heterocycles. The van der Waals surface area contributed by atoms with Crippen LogP contribution in [0.1, 0.15) is 32.6 Å². The molecule has 1 aliphatic carbocycles. The van der Waals surface area contributed by atoms with E-state index in [9.17, 15) is 4.79 Å². The first-order chi connectivity index (χ1) is 8.65. The maximum Gasteiger partial charge on any atom is 0.150 e. The molecule has 2 heteroatoms. The summed E-state index contributed by atoms with van der Waals surface area (Å²) >= 11 is 3.70. The lowest BCUT2D eigenvalue weighted by atomic mass is 9.94. The Balaban J connectivity index is 2.43. The van der Waals surface area contributed by atoms with Crippen molar-refractivity contribution in [1.29, 1.82) is 0 Å². The van der Waals surface area contributed by atoms with Gasteiger partial charge in [-0.1, -0.05) is 24.3 Å². The summed E-state index contributed by atoms with van der Waals surface area (Å²) in [6.07, 6.45) is 1.86. The van der Waals surface area contributed by atoms with E-state index >= 15 is 0 Å². The van der Waals surface area contributed by atoms with Crippen molar-refractivity contribution in [1.82, 2.24) is 0 Å². The van der Waals surface area contributed by atoms with Crippen LogP contribution in [-0.4, -0.2) is 6.29 Å². The van der Waals surface area contributed by atoms with E-state index in [-0.39, 0.29) is 0 Å². The average Bonchev–Trinajstić information content (AvgIpc) is 2.76. The summed E-state index contributed by atoms with van der Waals surface area (Å²) in [5.41, 5.74) is 8.04. The van der Waals surface area contributed by atoms with Gasteiger partial charge in [-0.2, -0.15) is 0 Å². The van der Waals surface area contributed by atoms with E-state index in [2.05, 4.69) is 47.1 Å². The lowest BCUT2D eigenvalue weighted by molar-refractivity contribution is 0.112. The van der Waals surface area contributed by atoms with Gasteiger partial charge in [-0.25, -0.2) is 0 Å². The van der Waals surface area contributed by atoms with Crippen LogP contribution >= 0.6 is 15.9 Å². The molecule has 1 nitrogen and oxygen atoms in total. The van der Waals surface area contributed by atoms with Crippen molar-refractivity contribution in [2.45, 2.75) is 20.3 Å². The molecule has 0 bridgehead atoms. The zero-order valence-corrected chi connectivity index (χ0v) is 12.0. The van der Waals surface area contributed by atoms with Crippen LogP contribution in [0.4, 0.5) is 0 Å². The first-order valence-electron chi connectivity index (χ1n) is 6.00. The minimum Gasteiger partial charge on any atom is -0.298 e. The zero-order valence-electron chi connectivity index (χ0n) is 10.4. The lowest BCUT2D eigenvalue weighted by Gasteiger charge is -2.14. The van der Waals surface area contributed by atoms with Crippen molar-refractivity contribution in [2.24, 2.45) is 0 Å². The third kappa shape index (κ3) is 1.42. The van der Waals surface area contributed by atoms with Crippen LogP contribution in [0.15, 0.2) is 28.7 Å². The topological polar surface area (TPSA) is 17.1 Å². The van der Waals surface area contributed by atoms with Gasteiger partial charge in [0.1, 0.15) is 0 Å². The van der Waals surface area contributed by atoms with E-state index < -0.39 is 0 Å². The highest BCUT2D eigenvalue weighted by Crippen LogP contribution is 2.45. The molecular formula is C16H13BrO. The zero-order chi connectivity index (χ0) is 12.9. The second kappa shape index (κ2) is 4.06. The molecule has 2 aromatic carbocycles. The molecule has 90 valence electrons. The largest absolute Gasteiger partial charge is 0.298 e. The number of hydrogen-bond acceptors (Lipinski definition) is 1. The highest BCUT2D eigenvalue weighted by atomic mass is 79.9. The molecule has 0 heterocycles. The number of fused-ring (bicyclic) bond motifs is 3. The molecule has 0 fully saturated rings. The Morgan fingerprint density at radius 3 is 2.61 bits per heavy atom. The summed E-state index contributed by atoms with van der Waals surface area (Å²) in [4.78, 5) is 11.4. The van der Waals surface area contributed by atoms with E-state index in [1.54, 1.807) is 0 Å². The van der Waals surface area contributed by atoms with Crippen LogP contribution in [0, 0.1) is 13.8 Å². The van der Waals surface area contributed by atoms with Crippen molar-refractivity contribution in [2.75, 3.05) is 0 Å². The molecule has 2 aromatic rings. The van der Waals surface area contributed by atoms with E-state index in [1.165, 1.54) is 22.3 Å². The Hall–Kier alpha value is -1.41. The molecule has 3 rings (SSSR count). The molecule has 0 radical (unpaired) electrons. The first kappa shape index (κ1) is 11.7. The fourth-order valence-electron chi connectivity index (χ4n) is 2.78. The van der Waals surface area contributed by atoms with Crippen molar-refractivity contribution < 1.29 is 4.79 Å². The van der Waals surface area contributed by atoms with E-state index in [1.807, 2.05) is 6.92 Å². The second-order valence-corrected chi connectivity index (χ2v) is 5.58. The highest BCUT2D eigenvalue weighted by molar-refractivity contribution is 9.10. The Morgan fingerprint density at radius 1 is 1.17 bits per heavy atom. The van der Waals surface area contributed by atoms with Crippen LogP contribution in [0.2, 0.25) is 0 Å². The van der Waals surface area contributed by atoms with Gasteiger partial charge in [-0.05, 0) is 64.0 Å². The molecule has 1 aliphatic rings. The summed E-state index contributed by atoms with van der Waals surface area (Å²) < 4.78 is 1.13. The smallest absolute Gasteiger partial charge is 0.150 e. The molecule has 0 saturated carbocycles. The predicted molar refractivity (Wildman–Crippen MR) is 77.2 cm³/mol. The molecule has 0 aromatic heterocycles. The van der Waals surface area contributed by atoms with E-state index in [0.29, 0.717) is 0 Å². The maximum absolute atomic E-state index is 11.4. The average molecular weight is 301 g/mol. The lowest BCUT2D eigenvalue weighted by Crippen LogP contribution is -1.99. The molecule has 0 spiro atoms. The van der Waals surface area contributed by atoms with Gasteiger partial charge in [-0.3, -0.25) is 4.79 Å². The Morgan fingerprint density at radius 2 is 1.89 bits per heavy atom. The third-order valence-electron chi connectivity index (χ3n) is 3.91. The quantitative estimate of drug-likeness (QED) is 0.607. The van der Waals surface area contributed by atoms with Gasteiger partial charge in [0.05, 0.1) is 0 Å². The molecule has 0 saturated heterocycles. The summed E-state index contributed by atoms with van der Waals surface area (Å²) in [5, 5.41) is 0. The number of hydrogen-bond donors (Lipinski definition) is 0. The van der Waals surface area contributed by atoms with Crippen LogP contribution in [0.3, 0.4) is 0 Å². The Bertz CT molecular complexity index is 671. The predicted octanol–water partition coefficient (Wildman–Crippen LogP) is 4.45. The molecule has 0 amide bonds. The number of carbonyl (C=O) groups is 1. The monoisotopic (exact) mass is 300 g/mol. The SMILES string of the molecule is Cc1c(C)c(C=O)c2c(c1Br)-c1ccccc1C2. The van der Waals surface area contributed by atoms with E-state index in [4.69, 9.17) is 0 Å². The number of benzene rings is 2. The van der Waals surface area contributed by atoms with Crippen molar-refractivity contribution in [3.63, 3.8) is 0 Å². The van der Waals surface area contributed by atoms with Crippen molar-refractivity contribution in [3.8, 4) is 11.1 Å². The number of rotatable bonds is 1. The van der Waals surface area contributed by atoms with Gasteiger partial charge >= 0.3 is 0 Å². The van der Waals surface area contributed by atoms with Gasteiger partial charge in [0.25, 0.3) is 0 Å². The second-order valence-electron chi connectivity index (χ2n) is 4.78. The standard InChI is InChI=1S/C16H13BrO/c1-9-10(2)16(17)15-12-6-4-3-5-11(12)7-13(15)14(9)8-18/h3-6,8H,7H2,1-2H3. The molecule has 0 atom stereocenters. The molecule has 0 N–H and O–H groups in total. The molecule has 0 unspecified atom stereocenters. The minimum atomic E-state index is 0.860. The third-order valence-corrected chi connectivity index (χ3v) is 4.91. The van der Waals surface area contributed by atoms with Gasteiger partial charge in [-0.15, -0.1) is 0 Å². The van der Waals surface area contributed by atoms with Crippen LogP contribution in [0.25, 0.3) is 11.1 Å². The summed E-state index contributed by atoms with van der Waals surface area (Å²) in [5.74, 6) is 0. The van der Waals surface area contributed by atoms with Gasteiger partial charge in [0.2, 0.25) is 0 Å². The molecule has 18 heavy (non-hydrogen) atoms. The van der Waals surface area contributed by atoms with Crippen molar-refractivity contribution in [3.05, 3.63) is 56.6 Å². The van der Waals surface area contributed by atoms with Crippen LogP contribution in [0.5, 0.6) is 0 Å².